The summed E-state index contributed by atoms with van der Waals surface area (Å²) in [5.41, 5.74) is 2.13. The number of esters is 1. The summed E-state index contributed by atoms with van der Waals surface area (Å²) in [6.07, 6.45) is 2.74. The Morgan fingerprint density at radius 2 is 1.71 bits per heavy atom. The highest BCUT2D eigenvalue weighted by atomic mass is 35.5. The quantitative estimate of drug-likeness (QED) is 0.277. The van der Waals surface area contributed by atoms with Gasteiger partial charge in [-0.2, -0.15) is 0 Å². The number of carbonyl (C=O) groups is 1. The molecule has 28 heavy (non-hydrogen) atoms. The lowest BCUT2D eigenvalue weighted by atomic mass is 10.2. The van der Waals surface area contributed by atoms with Crippen molar-refractivity contribution >= 4 is 29.5 Å². The third kappa shape index (κ3) is 5.44. The molecule has 0 N–H and O–H groups in total. The molecule has 3 rings (SSSR count). The van der Waals surface area contributed by atoms with Crippen LogP contribution in [0.3, 0.4) is 0 Å². The fourth-order valence-corrected chi connectivity index (χ4v) is 2.56. The van der Waals surface area contributed by atoms with E-state index in [9.17, 15) is 4.79 Å². The minimum absolute atomic E-state index is 0.336. The Morgan fingerprint density at radius 1 is 1.00 bits per heavy atom. The van der Waals surface area contributed by atoms with Crippen LogP contribution < -0.4 is 9.47 Å². The average molecular weight is 394 g/mol. The zero-order chi connectivity index (χ0) is 19.8. The van der Waals surface area contributed by atoms with Crippen LogP contribution in [0.5, 0.6) is 11.5 Å². The van der Waals surface area contributed by atoms with Gasteiger partial charge in [0, 0.05) is 6.21 Å². The first-order valence-corrected chi connectivity index (χ1v) is 9.37. The molecule has 142 valence electrons. The number of rotatable bonds is 7. The number of halogens is 1. The van der Waals surface area contributed by atoms with Crippen molar-refractivity contribution in [2.45, 2.75) is 13.3 Å². The normalized spacial score (nSPS) is 10.8. The van der Waals surface area contributed by atoms with Gasteiger partial charge in [-0.05, 0) is 72.6 Å². The first-order valence-electron chi connectivity index (χ1n) is 8.99. The molecule has 0 aliphatic rings. The molecule has 0 radical (unpaired) electrons. The highest BCUT2D eigenvalue weighted by Crippen LogP contribution is 2.24. The fourth-order valence-electron chi connectivity index (χ4n) is 2.39. The molecule has 0 bridgehead atoms. The van der Waals surface area contributed by atoms with Gasteiger partial charge < -0.3 is 9.47 Å². The molecule has 0 saturated carbocycles. The summed E-state index contributed by atoms with van der Waals surface area (Å²) in [6, 6.07) is 21.5. The third-order valence-corrected chi connectivity index (χ3v) is 4.17. The molecule has 5 heteroatoms. The van der Waals surface area contributed by atoms with Crippen LogP contribution in [-0.4, -0.2) is 18.8 Å². The Bertz CT molecular complexity index is 950. The van der Waals surface area contributed by atoms with Gasteiger partial charge in [-0.15, -0.1) is 0 Å². The predicted octanol–water partition coefficient (Wildman–Crippen LogP) is 6.10. The van der Waals surface area contributed by atoms with Crippen LogP contribution in [-0.2, 0) is 0 Å². The number of carbonyl (C=O) groups excluding carboxylic acids is 1. The summed E-state index contributed by atoms with van der Waals surface area (Å²) in [7, 11) is 0. The van der Waals surface area contributed by atoms with Crippen molar-refractivity contribution in [3.8, 4) is 11.5 Å². The first kappa shape index (κ1) is 19.6. The second-order valence-electron chi connectivity index (χ2n) is 6.04. The molecule has 0 atom stereocenters. The molecule has 0 aliphatic heterocycles. The Kier molecular flexibility index (Phi) is 6.82. The maximum atomic E-state index is 12.2. The van der Waals surface area contributed by atoms with Gasteiger partial charge in [0.25, 0.3) is 0 Å². The van der Waals surface area contributed by atoms with Crippen molar-refractivity contribution in [2.75, 3.05) is 6.61 Å². The van der Waals surface area contributed by atoms with E-state index in [1.165, 1.54) is 0 Å². The highest BCUT2D eigenvalue weighted by Gasteiger charge is 2.10. The van der Waals surface area contributed by atoms with Crippen LogP contribution in [0.1, 0.15) is 29.3 Å². The third-order valence-electron chi connectivity index (χ3n) is 3.86. The maximum Gasteiger partial charge on any atom is 0.343 e. The van der Waals surface area contributed by atoms with Crippen LogP contribution in [0.25, 0.3) is 0 Å². The Hall–Kier alpha value is -3.11. The van der Waals surface area contributed by atoms with Gasteiger partial charge in [-0.3, -0.25) is 4.99 Å². The topological polar surface area (TPSA) is 47.9 Å². The molecule has 0 fully saturated rings. The molecule has 4 nitrogen and oxygen atoms in total. The minimum Gasteiger partial charge on any atom is -0.494 e. The second-order valence-corrected chi connectivity index (χ2v) is 6.45. The lowest BCUT2D eigenvalue weighted by Gasteiger charge is -2.06. The summed E-state index contributed by atoms with van der Waals surface area (Å²) in [5, 5.41) is 0.392. The fraction of sp³-hybridized carbons (Fsp3) is 0.130. The van der Waals surface area contributed by atoms with E-state index in [2.05, 4.69) is 11.9 Å². The van der Waals surface area contributed by atoms with E-state index in [0.717, 1.165) is 23.4 Å². The van der Waals surface area contributed by atoms with E-state index in [4.69, 9.17) is 21.1 Å². The van der Waals surface area contributed by atoms with E-state index in [1.807, 2.05) is 24.3 Å². The molecule has 0 unspecified atom stereocenters. The summed E-state index contributed by atoms with van der Waals surface area (Å²) in [5.74, 6) is 0.717. The number of ether oxygens (including phenoxy) is 2. The van der Waals surface area contributed by atoms with E-state index in [-0.39, 0.29) is 0 Å². The zero-order valence-corrected chi connectivity index (χ0v) is 16.2. The number of hydrogen-bond donors (Lipinski definition) is 0. The van der Waals surface area contributed by atoms with Gasteiger partial charge in [-0.1, -0.05) is 30.7 Å². The van der Waals surface area contributed by atoms with E-state index >= 15 is 0 Å². The lowest BCUT2D eigenvalue weighted by molar-refractivity contribution is 0.0735. The van der Waals surface area contributed by atoms with E-state index in [0.29, 0.717) is 22.9 Å². The Labute approximate surface area is 169 Å². The number of benzene rings is 3. The Morgan fingerprint density at radius 3 is 2.39 bits per heavy atom. The SMILES string of the molecule is CCCOc1ccc(C=Nc2ccc(C(=O)Oc3ccccc3Cl)cc2)cc1. The number of nitrogens with zero attached hydrogens (tertiary/aromatic N) is 1. The molecule has 0 aromatic heterocycles. The van der Waals surface area contributed by atoms with Crippen molar-refractivity contribution in [2.24, 2.45) is 4.99 Å². The van der Waals surface area contributed by atoms with Crippen molar-refractivity contribution in [3.63, 3.8) is 0 Å². The molecule has 0 saturated heterocycles. The van der Waals surface area contributed by atoms with Crippen molar-refractivity contribution in [1.82, 2.24) is 0 Å². The monoisotopic (exact) mass is 393 g/mol. The summed E-state index contributed by atoms with van der Waals surface area (Å²) < 4.78 is 10.9. The largest absolute Gasteiger partial charge is 0.494 e. The van der Waals surface area contributed by atoms with E-state index < -0.39 is 5.97 Å². The number of hydrogen-bond acceptors (Lipinski definition) is 4. The van der Waals surface area contributed by atoms with Crippen molar-refractivity contribution in [1.29, 1.82) is 0 Å². The van der Waals surface area contributed by atoms with Crippen LogP contribution in [0.4, 0.5) is 5.69 Å². The minimum atomic E-state index is -0.466. The summed E-state index contributed by atoms with van der Waals surface area (Å²) >= 11 is 6.01. The van der Waals surface area contributed by atoms with Crippen molar-refractivity contribution in [3.05, 3.63) is 88.9 Å². The van der Waals surface area contributed by atoms with Gasteiger partial charge in [0.2, 0.25) is 0 Å². The van der Waals surface area contributed by atoms with Crippen LogP contribution in [0, 0.1) is 0 Å². The standard InChI is InChI=1S/C23H20ClNO3/c1-2-15-27-20-13-7-17(8-14-20)16-25-19-11-9-18(10-12-19)23(26)28-22-6-4-3-5-21(22)24/h3-14,16H,2,15H2,1H3. The number of aliphatic imine (C=N–C) groups is 1. The smallest absolute Gasteiger partial charge is 0.343 e. The van der Waals surface area contributed by atoms with E-state index in [1.54, 1.807) is 54.7 Å². The van der Waals surface area contributed by atoms with Crippen LogP contribution in [0.15, 0.2) is 77.8 Å². The number of para-hydroxylation sites is 1. The van der Waals surface area contributed by atoms with Gasteiger partial charge in [-0.25, -0.2) is 4.79 Å². The molecule has 0 heterocycles. The molecule has 3 aromatic carbocycles. The molecule has 0 amide bonds. The Balaban J connectivity index is 1.61. The van der Waals surface area contributed by atoms with Gasteiger partial charge >= 0.3 is 5.97 Å². The van der Waals surface area contributed by atoms with Crippen LogP contribution in [0.2, 0.25) is 5.02 Å². The molecule has 0 aliphatic carbocycles. The highest BCUT2D eigenvalue weighted by molar-refractivity contribution is 6.32. The van der Waals surface area contributed by atoms with Gasteiger partial charge in [0.05, 0.1) is 22.9 Å². The molecule has 3 aromatic rings. The maximum absolute atomic E-state index is 12.2. The average Bonchev–Trinajstić information content (AvgIpc) is 2.73. The van der Waals surface area contributed by atoms with Gasteiger partial charge in [0.1, 0.15) is 11.5 Å². The molecular weight excluding hydrogens is 374 g/mol. The zero-order valence-electron chi connectivity index (χ0n) is 15.5. The van der Waals surface area contributed by atoms with Crippen molar-refractivity contribution < 1.29 is 14.3 Å². The summed E-state index contributed by atoms with van der Waals surface area (Å²) in [6.45, 7) is 2.78. The second kappa shape index (κ2) is 9.72. The predicted molar refractivity (Wildman–Crippen MR) is 112 cm³/mol. The first-order chi connectivity index (χ1) is 13.7. The lowest BCUT2D eigenvalue weighted by Crippen LogP contribution is -2.08. The van der Waals surface area contributed by atoms with Crippen LogP contribution >= 0.6 is 11.6 Å². The molecular formula is C23H20ClNO3. The molecule has 0 spiro atoms. The summed E-state index contributed by atoms with van der Waals surface area (Å²) in [4.78, 5) is 16.7. The van der Waals surface area contributed by atoms with Gasteiger partial charge in [0.15, 0.2) is 0 Å².